The summed E-state index contributed by atoms with van der Waals surface area (Å²) in [5, 5.41) is 8.64. The van der Waals surface area contributed by atoms with Crippen LogP contribution in [-0.4, -0.2) is 11.6 Å². The summed E-state index contributed by atoms with van der Waals surface area (Å²) in [7, 11) is 0. The van der Waals surface area contributed by atoms with Gasteiger partial charge >= 0.3 is 0 Å². The lowest BCUT2D eigenvalue weighted by Gasteiger charge is -2.01. The van der Waals surface area contributed by atoms with Gasteiger partial charge in [-0.1, -0.05) is 0 Å². The first-order valence-electron chi connectivity index (χ1n) is 3.47. The Labute approximate surface area is 84.5 Å². The van der Waals surface area contributed by atoms with Crippen molar-refractivity contribution < 1.29 is 4.74 Å². The summed E-state index contributed by atoms with van der Waals surface area (Å²) in [5.74, 6) is 0.509. The molecule has 0 aliphatic rings. The predicted molar refractivity (Wildman–Crippen MR) is 52.8 cm³/mol. The van der Waals surface area contributed by atoms with Crippen molar-refractivity contribution in [2.75, 3.05) is 6.61 Å². The number of hydrogen-bond donors (Lipinski definition) is 0. The van der Waals surface area contributed by atoms with Crippen molar-refractivity contribution >= 4 is 22.6 Å². The Morgan fingerprint density at radius 1 is 1.67 bits per heavy atom. The van der Waals surface area contributed by atoms with E-state index in [9.17, 15) is 0 Å². The summed E-state index contributed by atoms with van der Waals surface area (Å²) in [6.07, 6.45) is 0. The maximum absolute atomic E-state index is 8.64. The molecule has 0 saturated heterocycles. The number of nitrogens with zero attached hydrogens (tertiary/aromatic N) is 2. The number of pyridine rings is 1. The van der Waals surface area contributed by atoms with Crippen LogP contribution in [0.25, 0.3) is 0 Å². The lowest BCUT2D eigenvalue weighted by molar-refractivity contribution is 0.326. The van der Waals surface area contributed by atoms with Gasteiger partial charge in [-0.05, 0) is 35.6 Å². The molecule has 4 heteroatoms. The van der Waals surface area contributed by atoms with Crippen LogP contribution in [0.5, 0.6) is 5.88 Å². The third-order valence-corrected chi connectivity index (χ3v) is 2.09. The number of aromatic nitrogens is 1. The maximum atomic E-state index is 8.64. The van der Waals surface area contributed by atoms with Gasteiger partial charge in [-0.2, -0.15) is 5.26 Å². The van der Waals surface area contributed by atoms with E-state index in [2.05, 4.69) is 27.6 Å². The summed E-state index contributed by atoms with van der Waals surface area (Å²) in [6, 6.07) is 5.57. The van der Waals surface area contributed by atoms with Gasteiger partial charge in [0, 0.05) is 9.64 Å². The van der Waals surface area contributed by atoms with Gasteiger partial charge in [-0.3, -0.25) is 0 Å². The van der Waals surface area contributed by atoms with Crippen molar-refractivity contribution in [1.29, 1.82) is 5.26 Å². The van der Waals surface area contributed by atoms with E-state index >= 15 is 0 Å². The lowest BCUT2D eigenvalue weighted by atomic mass is 10.4. The minimum atomic E-state index is 0.418. The highest BCUT2D eigenvalue weighted by Crippen LogP contribution is 2.13. The smallest absolute Gasteiger partial charge is 0.214 e. The van der Waals surface area contributed by atoms with Gasteiger partial charge in [0.15, 0.2) is 5.69 Å². The van der Waals surface area contributed by atoms with Crippen LogP contribution in [-0.2, 0) is 0 Å². The Bertz CT molecular complexity index is 319. The van der Waals surface area contributed by atoms with Crippen molar-refractivity contribution in [3.8, 4) is 11.9 Å². The summed E-state index contributed by atoms with van der Waals surface area (Å²) in [4.78, 5) is 3.99. The van der Waals surface area contributed by atoms with Crippen LogP contribution in [0, 0.1) is 14.9 Å². The van der Waals surface area contributed by atoms with Crippen LogP contribution in [0.3, 0.4) is 0 Å². The largest absolute Gasteiger partial charge is 0.478 e. The monoisotopic (exact) mass is 274 g/mol. The van der Waals surface area contributed by atoms with Gasteiger partial charge in [0.05, 0.1) is 6.61 Å². The topological polar surface area (TPSA) is 45.9 Å². The van der Waals surface area contributed by atoms with Gasteiger partial charge in [-0.25, -0.2) is 4.98 Å². The molecule has 0 spiro atoms. The van der Waals surface area contributed by atoms with Crippen LogP contribution < -0.4 is 4.74 Å². The van der Waals surface area contributed by atoms with E-state index in [1.165, 1.54) is 0 Å². The van der Waals surface area contributed by atoms with Gasteiger partial charge in [-0.15, -0.1) is 0 Å². The average molecular weight is 274 g/mol. The second kappa shape index (κ2) is 4.26. The molecule has 1 heterocycles. The zero-order chi connectivity index (χ0) is 8.97. The average Bonchev–Trinajstić information content (AvgIpc) is 2.09. The molecule has 1 rings (SSSR count). The molecule has 0 radical (unpaired) electrons. The maximum Gasteiger partial charge on any atom is 0.214 e. The molecule has 0 aliphatic carbocycles. The highest BCUT2D eigenvalue weighted by atomic mass is 127. The van der Waals surface area contributed by atoms with Crippen molar-refractivity contribution in [1.82, 2.24) is 4.98 Å². The summed E-state index contributed by atoms with van der Waals surface area (Å²) >= 11 is 2.06. The molecule has 0 amide bonds. The third kappa shape index (κ3) is 2.08. The van der Waals surface area contributed by atoms with Gasteiger partial charge in [0.1, 0.15) is 6.07 Å². The van der Waals surface area contributed by atoms with E-state index in [1.807, 2.05) is 19.1 Å². The Hall–Kier alpha value is -0.830. The molecule has 12 heavy (non-hydrogen) atoms. The molecule has 1 aromatic rings. The van der Waals surface area contributed by atoms with E-state index in [4.69, 9.17) is 10.00 Å². The molecule has 0 atom stereocenters. The number of nitriles is 1. The van der Waals surface area contributed by atoms with Crippen LogP contribution in [0.4, 0.5) is 0 Å². The Morgan fingerprint density at radius 3 is 3.00 bits per heavy atom. The lowest BCUT2D eigenvalue weighted by Crippen LogP contribution is -1.96. The van der Waals surface area contributed by atoms with Crippen LogP contribution >= 0.6 is 22.6 Å². The van der Waals surface area contributed by atoms with E-state index in [0.29, 0.717) is 18.2 Å². The molecule has 0 saturated carbocycles. The number of halogens is 1. The van der Waals surface area contributed by atoms with E-state index in [1.54, 1.807) is 6.07 Å². The fourth-order valence-corrected chi connectivity index (χ4v) is 1.15. The fourth-order valence-electron chi connectivity index (χ4n) is 0.731. The molecular weight excluding hydrogens is 267 g/mol. The van der Waals surface area contributed by atoms with Crippen LogP contribution in [0.15, 0.2) is 12.1 Å². The minimum Gasteiger partial charge on any atom is -0.478 e. The fraction of sp³-hybridized carbons (Fsp3) is 0.250. The van der Waals surface area contributed by atoms with Gasteiger partial charge < -0.3 is 4.74 Å². The third-order valence-electron chi connectivity index (χ3n) is 1.22. The molecule has 1 aromatic heterocycles. The van der Waals surface area contributed by atoms with Crippen molar-refractivity contribution in [3.05, 3.63) is 21.4 Å². The first kappa shape index (κ1) is 9.26. The quantitative estimate of drug-likeness (QED) is 0.774. The second-order valence-electron chi connectivity index (χ2n) is 2.02. The molecular formula is C8H7IN2O. The summed E-state index contributed by atoms with van der Waals surface area (Å²) in [5.41, 5.74) is 0.418. The van der Waals surface area contributed by atoms with Gasteiger partial charge in [0.25, 0.3) is 0 Å². The van der Waals surface area contributed by atoms with Crippen LogP contribution in [0.1, 0.15) is 12.6 Å². The van der Waals surface area contributed by atoms with E-state index in [-0.39, 0.29) is 0 Å². The molecule has 0 aliphatic heterocycles. The molecule has 0 unspecified atom stereocenters. The summed E-state index contributed by atoms with van der Waals surface area (Å²) in [6.45, 7) is 2.45. The highest BCUT2D eigenvalue weighted by molar-refractivity contribution is 14.1. The SMILES string of the molecule is CCOc1ccc(I)c(C#N)n1. The normalized spacial score (nSPS) is 9.08. The molecule has 0 N–H and O–H groups in total. The number of ether oxygens (including phenoxy) is 1. The predicted octanol–water partition coefficient (Wildman–Crippen LogP) is 1.96. The van der Waals surface area contributed by atoms with Crippen molar-refractivity contribution in [2.45, 2.75) is 6.92 Å². The molecule has 62 valence electrons. The van der Waals surface area contributed by atoms with Crippen molar-refractivity contribution in [2.24, 2.45) is 0 Å². The van der Waals surface area contributed by atoms with E-state index in [0.717, 1.165) is 3.57 Å². The first-order chi connectivity index (χ1) is 5.77. The molecule has 0 aromatic carbocycles. The van der Waals surface area contributed by atoms with Crippen LogP contribution in [0.2, 0.25) is 0 Å². The first-order valence-corrected chi connectivity index (χ1v) is 4.55. The number of rotatable bonds is 2. The Kier molecular flexibility index (Phi) is 3.29. The van der Waals surface area contributed by atoms with Gasteiger partial charge in [0.2, 0.25) is 5.88 Å². The Balaban J connectivity index is 2.99. The zero-order valence-corrected chi connectivity index (χ0v) is 8.70. The van der Waals surface area contributed by atoms with Crippen molar-refractivity contribution in [3.63, 3.8) is 0 Å². The standard InChI is InChI=1S/C8H7IN2O/c1-2-12-8-4-3-6(9)7(5-10)11-8/h3-4H,2H2,1H3. The summed E-state index contributed by atoms with van der Waals surface area (Å²) < 4.78 is 5.98. The Morgan fingerprint density at radius 2 is 2.42 bits per heavy atom. The minimum absolute atomic E-state index is 0.418. The molecule has 3 nitrogen and oxygen atoms in total. The molecule has 0 bridgehead atoms. The highest BCUT2D eigenvalue weighted by Gasteiger charge is 2.01. The second-order valence-corrected chi connectivity index (χ2v) is 3.19. The zero-order valence-electron chi connectivity index (χ0n) is 6.54. The molecule has 0 fully saturated rings. The number of hydrogen-bond acceptors (Lipinski definition) is 3. The van der Waals surface area contributed by atoms with E-state index < -0.39 is 0 Å².